The topological polar surface area (TPSA) is 87.1 Å². The average molecular weight is 318 g/mol. The van der Waals surface area contributed by atoms with E-state index >= 15 is 0 Å². The Kier molecular flexibility index (Phi) is 4.13. The van der Waals surface area contributed by atoms with E-state index in [-0.39, 0.29) is 5.69 Å². The van der Waals surface area contributed by atoms with Crippen molar-refractivity contribution in [2.24, 2.45) is 0 Å². The average Bonchev–Trinajstić information content (AvgIpc) is 2.97. The summed E-state index contributed by atoms with van der Waals surface area (Å²) >= 11 is 0. The Hall–Kier alpha value is -3.39. The molecule has 0 aliphatic heterocycles. The maximum Gasteiger partial charge on any atom is 0.358 e. The number of carboxylic acid groups (broad SMARTS) is 1. The summed E-state index contributed by atoms with van der Waals surface area (Å²) in [6.45, 7) is 1.71. The number of benzene rings is 2. The van der Waals surface area contributed by atoms with Gasteiger partial charge in [0.05, 0.1) is 11.6 Å². The molecule has 0 radical (unpaired) electrons. The van der Waals surface area contributed by atoms with E-state index in [2.05, 4.69) is 11.2 Å². The summed E-state index contributed by atoms with van der Waals surface area (Å²) in [6.07, 6.45) is 0.449. The second-order valence-corrected chi connectivity index (χ2v) is 5.43. The fourth-order valence-corrected chi connectivity index (χ4v) is 2.52. The van der Waals surface area contributed by atoms with E-state index in [1.54, 1.807) is 19.1 Å². The highest BCUT2D eigenvalue weighted by Crippen LogP contribution is 2.23. The van der Waals surface area contributed by atoms with Crippen molar-refractivity contribution in [3.8, 4) is 17.2 Å². The van der Waals surface area contributed by atoms with Crippen molar-refractivity contribution in [3.05, 3.63) is 76.7 Å². The molecule has 24 heavy (non-hydrogen) atoms. The molecule has 0 spiro atoms. The largest absolute Gasteiger partial charge is 0.476 e. The Labute approximate surface area is 138 Å². The van der Waals surface area contributed by atoms with E-state index in [1.165, 1.54) is 0 Å². The molecule has 3 aromatic rings. The lowest BCUT2D eigenvalue weighted by molar-refractivity contribution is 0.0685. The number of aromatic carboxylic acids is 1. The van der Waals surface area contributed by atoms with Crippen LogP contribution in [0, 0.1) is 18.3 Å². The molecular weight excluding hydrogens is 304 g/mol. The molecule has 2 aromatic carbocycles. The lowest BCUT2D eigenvalue weighted by Gasteiger charge is -2.05. The first kappa shape index (κ1) is 15.5. The molecule has 5 nitrogen and oxygen atoms in total. The summed E-state index contributed by atoms with van der Waals surface area (Å²) < 4.78 is 4.99. The second kappa shape index (κ2) is 6.39. The Morgan fingerprint density at radius 2 is 1.71 bits per heavy atom. The van der Waals surface area contributed by atoms with Gasteiger partial charge in [0.15, 0.2) is 5.69 Å². The number of nitrogens with zero attached hydrogens (tertiary/aromatic N) is 2. The first-order valence-electron chi connectivity index (χ1n) is 7.36. The first-order chi connectivity index (χ1) is 11.6. The van der Waals surface area contributed by atoms with Gasteiger partial charge in [-0.1, -0.05) is 41.6 Å². The second-order valence-electron chi connectivity index (χ2n) is 5.43. The highest BCUT2D eigenvalue weighted by atomic mass is 16.5. The van der Waals surface area contributed by atoms with Gasteiger partial charge in [-0.05, 0) is 35.7 Å². The van der Waals surface area contributed by atoms with Crippen LogP contribution in [0.1, 0.15) is 32.9 Å². The predicted molar refractivity (Wildman–Crippen MR) is 87.6 cm³/mol. The van der Waals surface area contributed by atoms with Crippen LogP contribution < -0.4 is 0 Å². The molecule has 1 N–H and O–H groups in total. The molecular formula is C19H14N2O3. The fraction of sp³-hybridized carbons (Fsp3) is 0.105. The van der Waals surface area contributed by atoms with Crippen LogP contribution in [0.2, 0.25) is 0 Å². The molecule has 0 aliphatic carbocycles. The number of hydrogen-bond donors (Lipinski definition) is 1. The normalized spacial score (nSPS) is 10.3. The molecule has 0 aliphatic rings. The molecule has 0 fully saturated rings. The van der Waals surface area contributed by atoms with Crippen LogP contribution in [-0.2, 0) is 6.42 Å². The fourth-order valence-electron chi connectivity index (χ4n) is 2.52. The molecule has 1 heterocycles. The molecule has 118 valence electrons. The summed E-state index contributed by atoms with van der Waals surface area (Å²) in [5.41, 5.74) is 4.20. The third kappa shape index (κ3) is 3.03. The molecule has 0 atom stereocenters. The van der Waals surface area contributed by atoms with Gasteiger partial charge in [0, 0.05) is 12.0 Å². The first-order valence-corrected chi connectivity index (χ1v) is 7.36. The minimum absolute atomic E-state index is 0.0383. The third-order valence-electron chi connectivity index (χ3n) is 3.87. The summed E-state index contributed by atoms with van der Waals surface area (Å²) in [7, 11) is 0. The zero-order valence-corrected chi connectivity index (χ0v) is 13.0. The minimum Gasteiger partial charge on any atom is -0.476 e. The highest BCUT2D eigenvalue weighted by molar-refractivity contribution is 5.87. The van der Waals surface area contributed by atoms with Crippen molar-refractivity contribution >= 4 is 5.97 Å². The maximum atomic E-state index is 11.2. The van der Waals surface area contributed by atoms with Crippen LogP contribution in [0.4, 0.5) is 0 Å². The lowest BCUT2D eigenvalue weighted by atomic mass is 9.99. The Morgan fingerprint density at radius 3 is 2.25 bits per heavy atom. The molecule has 0 bridgehead atoms. The SMILES string of the molecule is Cc1onc(C(=O)O)c1Cc1ccc(-c2ccc(C#N)cc2)cc1. The van der Waals surface area contributed by atoms with Crippen molar-refractivity contribution in [3.63, 3.8) is 0 Å². The maximum absolute atomic E-state index is 11.2. The molecule has 5 heteroatoms. The van der Waals surface area contributed by atoms with Crippen molar-refractivity contribution in [1.82, 2.24) is 5.16 Å². The Bertz CT molecular complexity index is 917. The van der Waals surface area contributed by atoms with Gasteiger partial charge in [-0.2, -0.15) is 5.26 Å². The van der Waals surface area contributed by atoms with Crippen LogP contribution in [0.15, 0.2) is 53.1 Å². The number of hydrogen-bond acceptors (Lipinski definition) is 4. The van der Waals surface area contributed by atoms with E-state index < -0.39 is 5.97 Å². The number of aromatic nitrogens is 1. The van der Waals surface area contributed by atoms with Crippen LogP contribution >= 0.6 is 0 Å². The smallest absolute Gasteiger partial charge is 0.358 e. The summed E-state index contributed by atoms with van der Waals surface area (Å²) in [5.74, 6) is -0.570. The number of aryl methyl sites for hydroxylation is 1. The molecule has 0 amide bonds. The summed E-state index contributed by atoms with van der Waals surface area (Å²) in [4.78, 5) is 11.2. The molecule has 3 rings (SSSR count). The minimum atomic E-state index is -1.09. The number of carboxylic acids is 1. The zero-order valence-electron chi connectivity index (χ0n) is 13.0. The van der Waals surface area contributed by atoms with Crippen molar-refractivity contribution in [2.45, 2.75) is 13.3 Å². The monoisotopic (exact) mass is 318 g/mol. The number of nitriles is 1. The van der Waals surface area contributed by atoms with Gasteiger partial charge in [0.25, 0.3) is 0 Å². The highest BCUT2D eigenvalue weighted by Gasteiger charge is 2.19. The van der Waals surface area contributed by atoms with Gasteiger partial charge < -0.3 is 9.63 Å². The van der Waals surface area contributed by atoms with Crippen LogP contribution in [-0.4, -0.2) is 16.2 Å². The van der Waals surface area contributed by atoms with Crippen LogP contribution in [0.25, 0.3) is 11.1 Å². The van der Waals surface area contributed by atoms with E-state index in [4.69, 9.17) is 14.9 Å². The lowest BCUT2D eigenvalue weighted by Crippen LogP contribution is -2.02. The van der Waals surface area contributed by atoms with Gasteiger partial charge in [-0.3, -0.25) is 0 Å². The molecule has 0 saturated heterocycles. The van der Waals surface area contributed by atoms with E-state index in [0.29, 0.717) is 23.3 Å². The van der Waals surface area contributed by atoms with E-state index in [1.807, 2.05) is 36.4 Å². The standard InChI is InChI=1S/C19H14N2O3/c1-12-17(18(19(22)23)21-24-12)10-13-2-6-15(7-3-13)16-8-4-14(11-20)5-9-16/h2-9H,10H2,1H3,(H,22,23). The predicted octanol–water partition coefficient (Wildman–Crippen LogP) is 3.81. The Balaban J connectivity index is 1.84. The third-order valence-corrected chi connectivity index (χ3v) is 3.87. The van der Waals surface area contributed by atoms with Gasteiger partial charge in [0.1, 0.15) is 5.76 Å². The van der Waals surface area contributed by atoms with Gasteiger partial charge >= 0.3 is 5.97 Å². The number of rotatable bonds is 4. The van der Waals surface area contributed by atoms with E-state index in [9.17, 15) is 4.79 Å². The van der Waals surface area contributed by atoms with E-state index in [0.717, 1.165) is 16.7 Å². The molecule has 1 aromatic heterocycles. The summed E-state index contributed by atoms with van der Waals surface area (Å²) in [6, 6.07) is 17.3. The Morgan fingerprint density at radius 1 is 1.12 bits per heavy atom. The number of carbonyl (C=O) groups is 1. The van der Waals surface area contributed by atoms with Crippen molar-refractivity contribution in [1.29, 1.82) is 5.26 Å². The van der Waals surface area contributed by atoms with Crippen molar-refractivity contribution in [2.75, 3.05) is 0 Å². The van der Waals surface area contributed by atoms with Gasteiger partial charge in [-0.15, -0.1) is 0 Å². The van der Waals surface area contributed by atoms with Crippen molar-refractivity contribution < 1.29 is 14.4 Å². The molecule has 0 unspecified atom stereocenters. The molecule has 0 saturated carbocycles. The van der Waals surface area contributed by atoms with Gasteiger partial charge in [-0.25, -0.2) is 4.79 Å². The zero-order chi connectivity index (χ0) is 17.1. The quantitative estimate of drug-likeness (QED) is 0.790. The van der Waals surface area contributed by atoms with Gasteiger partial charge in [0.2, 0.25) is 0 Å². The summed E-state index contributed by atoms with van der Waals surface area (Å²) in [5, 5.41) is 21.6. The van der Waals surface area contributed by atoms with Crippen LogP contribution in [0.5, 0.6) is 0 Å². The van der Waals surface area contributed by atoms with Crippen LogP contribution in [0.3, 0.4) is 0 Å².